The molecule has 2 heteroatoms. The van der Waals surface area contributed by atoms with Gasteiger partial charge in [0.1, 0.15) is 0 Å². The highest BCUT2D eigenvalue weighted by Crippen LogP contribution is 2.41. The van der Waals surface area contributed by atoms with E-state index in [0.717, 1.165) is 11.8 Å². The number of halogens is 1. The van der Waals surface area contributed by atoms with E-state index < -0.39 is 0 Å². The third kappa shape index (κ3) is 3.45. The summed E-state index contributed by atoms with van der Waals surface area (Å²) in [5, 5.41) is 0. The molecule has 0 aliphatic carbocycles. The molecule has 19 heavy (non-hydrogen) atoms. The van der Waals surface area contributed by atoms with Gasteiger partial charge in [0.2, 0.25) is 0 Å². The molecule has 0 aromatic heterocycles. The van der Waals surface area contributed by atoms with Crippen molar-refractivity contribution in [3.8, 4) is 0 Å². The minimum atomic E-state index is 0.470. The first-order valence-electron chi connectivity index (χ1n) is 7.41. The summed E-state index contributed by atoms with van der Waals surface area (Å²) >= 11 is 2.37. The molecule has 0 atom stereocenters. The number of anilines is 1. The summed E-state index contributed by atoms with van der Waals surface area (Å²) in [7, 11) is 0. The summed E-state index contributed by atoms with van der Waals surface area (Å²) in [5.41, 5.74) is 1.86. The van der Waals surface area contributed by atoms with Crippen molar-refractivity contribution < 1.29 is 0 Å². The molecule has 0 unspecified atom stereocenters. The zero-order valence-electron chi connectivity index (χ0n) is 12.6. The lowest BCUT2D eigenvalue weighted by molar-refractivity contribution is 0.114. The lowest BCUT2D eigenvalue weighted by Crippen LogP contribution is -2.40. The zero-order valence-corrected chi connectivity index (χ0v) is 14.8. The van der Waals surface area contributed by atoms with E-state index >= 15 is 0 Å². The molecule has 0 bridgehead atoms. The Morgan fingerprint density at radius 2 is 1.63 bits per heavy atom. The molecule has 0 saturated carbocycles. The Morgan fingerprint density at radius 3 is 2.11 bits per heavy atom. The topological polar surface area (TPSA) is 3.24 Å². The SMILES string of the molecule is CC(C)C(C)(C)C1CCN(c2ccc(I)cc2)CC1. The van der Waals surface area contributed by atoms with Gasteiger partial charge in [0.25, 0.3) is 0 Å². The molecule has 2 rings (SSSR count). The predicted octanol–water partition coefficient (Wildman–Crippen LogP) is 5.19. The molecule has 1 aromatic rings. The van der Waals surface area contributed by atoms with Gasteiger partial charge >= 0.3 is 0 Å². The maximum absolute atomic E-state index is 2.54. The van der Waals surface area contributed by atoms with E-state index in [1.54, 1.807) is 0 Å². The van der Waals surface area contributed by atoms with Crippen LogP contribution in [-0.2, 0) is 0 Å². The van der Waals surface area contributed by atoms with Crippen molar-refractivity contribution in [2.45, 2.75) is 40.5 Å². The van der Waals surface area contributed by atoms with Gasteiger partial charge in [0, 0.05) is 22.3 Å². The van der Waals surface area contributed by atoms with Crippen LogP contribution in [0, 0.1) is 20.8 Å². The molecule has 1 nitrogen and oxygen atoms in total. The number of benzene rings is 1. The Kier molecular flexibility index (Phi) is 4.80. The van der Waals surface area contributed by atoms with Crippen LogP contribution in [0.25, 0.3) is 0 Å². The minimum absolute atomic E-state index is 0.470. The summed E-state index contributed by atoms with van der Waals surface area (Å²) < 4.78 is 1.32. The Morgan fingerprint density at radius 1 is 1.11 bits per heavy atom. The molecule has 0 amide bonds. The Bertz CT molecular complexity index is 400. The van der Waals surface area contributed by atoms with Gasteiger partial charge in [-0.1, -0.05) is 27.7 Å². The van der Waals surface area contributed by atoms with Crippen LogP contribution in [0.5, 0.6) is 0 Å². The minimum Gasteiger partial charge on any atom is -0.372 e. The lowest BCUT2D eigenvalue weighted by atomic mass is 9.67. The smallest absolute Gasteiger partial charge is 0.0366 e. The van der Waals surface area contributed by atoms with Gasteiger partial charge in [-0.05, 0) is 76.9 Å². The average molecular weight is 371 g/mol. The van der Waals surface area contributed by atoms with Gasteiger partial charge in [-0.3, -0.25) is 0 Å². The van der Waals surface area contributed by atoms with Gasteiger partial charge < -0.3 is 4.90 Å². The van der Waals surface area contributed by atoms with Crippen molar-refractivity contribution in [2.75, 3.05) is 18.0 Å². The Labute approximate surface area is 131 Å². The molecule has 1 fully saturated rings. The second-order valence-electron chi connectivity index (χ2n) is 6.71. The van der Waals surface area contributed by atoms with E-state index in [1.165, 1.54) is 35.2 Å². The molecule has 0 spiro atoms. The third-order valence-electron chi connectivity index (χ3n) is 5.23. The van der Waals surface area contributed by atoms with Crippen LogP contribution >= 0.6 is 22.6 Å². The molecule has 1 aliphatic rings. The number of hydrogen-bond acceptors (Lipinski definition) is 1. The lowest BCUT2D eigenvalue weighted by Gasteiger charge is -2.43. The van der Waals surface area contributed by atoms with Crippen LogP contribution in [-0.4, -0.2) is 13.1 Å². The van der Waals surface area contributed by atoms with Gasteiger partial charge in [0.15, 0.2) is 0 Å². The predicted molar refractivity (Wildman–Crippen MR) is 92.7 cm³/mol. The Balaban J connectivity index is 1.98. The third-order valence-corrected chi connectivity index (χ3v) is 5.95. The number of rotatable bonds is 3. The average Bonchev–Trinajstić information content (AvgIpc) is 2.39. The molecular weight excluding hydrogens is 345 g/mol. The second kappa shape index (κ2) is 6.02. The summed E-state index contributed by atoms with van der Waals surface area (Å²) in [4.78, 5) is 2.54. The van der Waals surface area contributed by atoms with Crippen LogP contribution in [0.4, 0.5) is 5.69 Å². The monoisotopic (exact) mass is 371 g/mol. The molecule has 0 radical (unpaired) electrons. The fourth-order valence-electron chi connectivity index (χ4n) is 3.01. The Hall–Kier alpha value is -0.250. The second-order valence-corrected chi connectivity index (χ2v) is 7.96. The van der Waals surface area contributed by atoms with Crippen molar-refractivity contribution >= 4 is 28.3 Å². The van der Waals surface area contributed by atoms with Gasteiger partial charge in [0.05, 0.1) is 0 Å². The zero-order chi connectivity index (χ0) is 14.0. The molecule has 1 aromatic carbocycles. The van der Waals surface area contributed by atoms with Gasteiger partial charge in [-0.15, -0.1) is 0 Å². The van der Waals surface area contributed by atoms with Crippen LogP contribution in [0.1, 0.15) is 40.5 Å². The summed E-state index contributed by atoms with van der Waals surface area (Å²) in [5.74, 6) is 1.63. The quantitative estimate of drug-likeness (QED) is 0.661. The molecule has 1 heterocycles. The highest BCUT2D eigenvalue weighted by molar-refractivity contribution is 14.1. The molecule has 106 valence electrons. The number of piperidine rings is 1. The normalized spacial score (nSPS) is 18.1. The van der Waals surface area contributed by atoms with Crippen LogP contribution in [0.3, 0.4) is 0 Å². The maximum atomic E-state index is 2.54. The van der Waals surface area contributed by atoms with Gasteiger partial charge in [-0.25, -0.2) is 0 Å². The van der Waals surface area contributed by atoms with Crippen molar-refractivity contribution in [2.24, 2.45) is 17.3 Å². The highest BCUT2D eigenvalue weighted by atomic mass is 127. The first kappa shape index (κ1) is 15.1. The first-order valence-corrected chi connectivity index (χ1v) is 8.49. The van der Waals surface area contributed by atoms with Gasteiger partial charge in [-0.2, -0.15) is 0 Å². The van der Waals surface area contributed by atoms with E-state index in [-0.39, 0.29) is 0 Å². The summed E-state index contributed by atoms with van der Waals surface area (Å²) in [6, 6.07) is 8.94. The summed E-state index contributed by atoms with van der Waals surface area (Å²) in [6.07, 6.45) is 2.66. The molecule has 1 aliphatic heterocycles. The first-order chi connectivity index (χ1) is 8.91. The molecular formula is C17H26IN. The van der Waals surface area contributed by atoms with Crippen LogP contribution in [0.2, 0.25) is 0 Å². The van der Waals surface area contributed by atoms with Crippen molar-refractivity contribution in [1.82, 2.24) is 0 Å². The standard InChI is InChI=1S/C17H26IN/c1-13(2)17(3,4)14-9-11-19(12-10-14)16-7-5-15(18)6-8-16/h5-8,13-14H,9-12H2,1-4H3. The summed E-state index contributed by atoms with van der Waals surface area (Å²) in [6.45, 7) is 12.0. The van der Waals surface area contributed by atoms with E-state index in [2.05, 4.69) is 79.5 Å². The van der Waals surface area contributed by atoms with Crippen molar-refractivity contribution in [3.63, 3.8) is 0 Å². The van der Waals surface area contributed by atoms with E-state index in [4.69, 9.17) is 0 Å². The fourth-order valence-corrected chi connectivity index (χ4v) is 3.36. The number of nitrogens with zero attached hydrogens (tertiary/aromatic N) is 1. The maximum Gasteiger partial charge on any atom is 0.0366 e. The highest BCUT2D eigenvalue weighted by Gasteiger charge is 2.34. The van der Waals surface area contributed by atoms with E-state index in [0.29, 0.717) is 5.41 Å². The molecule has 0 N–H and O–H groups in total. The molecule has 1 saturated heterocycles. The van der Waals surface area contributed by atoms with E-state index in [9.17, 15) is 0 Å². The van der Waals surface area contributed by atoms with Crippen molar-refractivity contribution in [1.29, 1.82) is 0 Å². The van der Waals surface area contributed by atoms with E-state index in [1.807, 2.05) is 0 Å². The van der Waals surface area contributed by atoms with Crippen molar-refractivity contribution in [3.05, 3.63) is 27.8 Å². The number of hydrogen-bond donors (Lipinski definition) is 0. The fraction of sp³-hybridized carbons (Fsp3) is 0.647. The largest absolute Gasteiger partial charge is 0.372 e. The van der Waals surface area contributed by atoms with Crippen LogP contribution < -0.4 is 4.90 Å². The van der Waals surface area contributed by atoms with Crippen LogP contribution in [0.15, 0.2) is 24.3 Å².